The zero-order chi connectivity index (χ0) is 22.4. The Labute approximate surface area is 174 Å². The molecule has 0 atom stereocenters. The van der Waals surface area contributed by atoms with E-state index in [0.717, 1.165) is 12.1 Å². The molecule has 0 fully saturated rings. The Morgan fingerprint density at radius 2 is 1.81 bits per heavy atom. The topological polar surface area (TPSA) is 79.3 Å². The third kappa shape index (κ3) is 3.78. The molecular formula is C22H19F3N4O2. The highest BCUT2D eigenvalue weighted by Gasteiger charge is 2.32. The van der Waals surface area contributed by atoms with Gasteiger partial charge in [-0.25, -0.2) is 4.52 Å². The number of aromatic amines is 1. The molecule has 0 aliphatic rings. The van der Waals surface area contributed by atoms with E-state index in [1.807, 2.05) is 0 Å². The summed E-state index contributed by atoms with van der Waals surface area (Å²) in [6.07, 6.45) is -3.09. The van der Waals surface area contributed by atoms with Crippen LogP contribution in [0.25, 0.3) is 16.6 Å². The van der Waals surface area contributed by atoms with Gasteiger partial charge in [-0.1, -0.05) is 44.2 Å². The minimum atomic E-state index is -4.44. The number of alkyl halides is 3. The van der Waals surface area contributed by atoms with Crippen LogP contribution in [-0.2, 0) is 11.6 Å². The van der Waals surface area contributed by atoms with Crippen molar-refractivity contribution in [2.45, 2.75) is 25.4 Å². The number of carbonyl (C=O) groups is 1. The number of nitrogens with zero attached hydrogens (tertiary/aromatic N) is 2. The monoisotopic (exact) mass is 428 g/mol. The molecule has 1 amide bonds. The molecule has 4 rings (SSSR count). The highest BCUT2D eigenvalue weighted by molar-refractivity contribution is 6.00. The Morgan fingerprint density at radius 3 is 2.55 bits per heavy atom. The fourth-order valence-electron chi connectivity index (χ4n) is 3.46. The SMILES string of the molecule is CC(C)(CNC(=O)c1cnn2c1[nH]c(=O)c1ccccc12)c1cccc(C(F)(F)F)c1. The fourth-order valence-corrected chi connectivity index (χ4v) is 3.46. The molecule has 6 nitrogen and oxygen atoms in total. The number of H-pyrrole nitrogens is 1. The zero-order valence-electron chi connectivity index (χ0n) is 16.7. The van der Waals surface area contributed by atoms with Crippen molar-refractivity contribution in [1.82, 2.24) is 19.9 Å². The number of hydrogen-bond donors (Lipinski definition) is 2. The van der Waals surface area contributed by atoms with Crippen LogP contribution < -0.4 is 10.9 Å². The predicted molar refractivity (Wildman–Crippen MR) is 110 cm³/mol. The van der Waals surface area contributed by atoms with Gasteiger partial charge >= 0.3 is 6.18 Å². The summed E-state index contributed by atoms with van der Waals surface area (Å²) in [5.74, 6) is -0.485. The maximum atomic E-state index is 13.0. The van der Waals surface area contributed by atoms with E-state index in [1.165, 1.54) is 16.8 Å². The van der Waals surface area contributed by atoms with Gasteiger partial charge in [0.05, 0.1) is 22.7 Å². The van der Waals surface area contributed by atoms with Crippen LogP contribution in [0.1, 0.15) is 35.3 Å². The molecule has 2 heterocycles. The van der Waals surface area contributed by atoms with Gasteiger partial charge in [0, 0.05) is 12.0 Å². The van der Waals surface area contributed by atoms with Crippen LogP contribution in [0.2, 0.25) is 0 Å². The Kier molecular flexibility index (Phi) is 4.83. The van der Waals surface area contributed by atoms with E-state index < -0.39 is 23.1 Å². The van der Waals surface area contributed by atoms with Gasteiger partial charge in [0.25, 0.3) is 11.5 Å². The van der Waals surface area contributed by atoms with Crippen LogP contribution in [0.5, 0.6) is 0 Å². The summed E-state index contributed by atoms with van der Waals surface area (Å²) in [7, 11) is 0. The first-order valence-corrected chi connectivity index (χ1v) is 9.53. The van der Waals surface area contributed by atoms with Crippen LogP contribution in [0.4, 0.5) is 13.2 Å². The Hall–Kier alpha value is -3.62. The normalized spacial score (nSPS) is 12.4. The first-order valence-electron chi connectivity index (χ1n) is 9.53. The summed E-state index contributed by atoms with van der Waals surface area (Å²) in [4.78, 5) is 27.8. The summed E-state index contributed by atoms with van der Waals surface area (Å²) in [6.45, 7) is 3.57. The number of halogens is 3. The van der Waals surface area contributed by atoms with Gasteiger partial charge in [0.2, 0.25) is 0 Å². The summed E-state index contributed by atoms with van der Waals surface area (Å²) in [5.41, 5.74) is -0.425. The molecule has 9 heteroatoms. The van der Waals surface area contributed by atoms with E-state index in [1.54, 1.807) is 44.2 Å². The van der Waals surface area contributed by atoms with Gasteiger partial charge in [-0.3, -0.25) is 9.59 Å². The molecule has 2 N–H and O–H groups in total. The van der Waals surface area contributed by atoms with Crippen molar-refractivity contribution in [2.75, 3.05) is 6.54 Å². The molecule has 0 saturated carbocycles. The van der Waals surface area contributed by atoms with Crippen molar-refractivity contribution in [1.29, 1.82) is 0 Å². The van der Waals surface area contributed by atoms with E-state index in [0.29, 0.717) is 16.5 Å². The van der Waals surface area contributed by atoms with Crippen molar-refractivity contribution < 1.29 is 18.0 Å². The highest BCUT2D eigenvalue weighted by atomic mass is 19.4. The van der Waals surface area contributed by atoms with Crippen LogP contribution in [0, 0.1) is 0 Å². The van der Waals surface area contributed by atoms with Crippen LogP contribution in [-0.4, -0.2) is 27.0 Å². The highest BCUT2D eigenvalue weighted by Crippen LogP contribution is 2.32. The molecule has 2 aromatic carbocycles. The molecule has 0 saturated heterocycles. The first-order chi connectivity index (χ1) is 14.6. The third-order valence-corrected chi connectivity index (χ3v) is 5.28. The van der Waals surface area contributed by atoms with Crippen molar-refractivity contribution in [3.8, 4) is 0 Å². The largest absolute Gasteiger partial charge is 0.416 e. The molecule has 31 heavy (non-hydrogen) atoms. The van der Waals surface area contributed by atoms with Crippen LogP contribution >= 0.6 is 0 Å². The lowest BCUT2D eigenvalue weighted by Gasteiger charge is -2.26. The van der Waals surface area contributed by atoms with E-state index in [2.05, 4.69) is 15.4 Å². The molecule has 0 bridgehead atoms. The third-order valence-electron chi connectivity index (χ3n) is 5.28. The molecule has 0 aliphatic heterocycles. The molecule has 0 spiro atoms. The summed E-state index contributed by atoms with van der Waals surface area (Å²) in [6, 6.07) is 11.9. The summed E-state index contributed by atoms with van der Waals surface area (Å²) >= 11 is 0. The minimum Gasteiger partial charge on any atom is -0.351 e. The van der Waals surface area contributed by atoms with Gasteiger partial charge in [-0.15, -0.1) is 0 Å². The summed E-state index contributed by atoms with van der Waals surface area (Å²) < 4.78 is 40.6. The number of nitrogens with one attached hydrogen (secondary N) is 2. The Bertz CT molecular complexity index is 1350. The predicted octanol–water partition coefficient (Wildman–Crippen LogP) is 3.90. The van der Waals surface area contributed by atoms with Gasteiger partial charge in [0.15, 0.2) is 0 Å². The minimum absolute atomic E-state index is 0.0856. The second-order valence-corrected chi connectivity index (χ2v) is 7.94. The van der Waals surface area contributed by atoms with E-state index in [-0.39, 0.29) is 23.3 Å². The first kappa shape index (κ1) is 20.6. The van der Waals surface area contributed by atoms with Crippen molar-refractivity contribution in [3.05, 3.63) is 81.8 Å². The number of carbonyl (C=O) groups excluding carboxylic acids is 1. The van der Waals surface area contributed by atoms with Crippen LogP contribution in [0.3, 0.4) is 0 Å². The quantitative estimate of drug-likeness (QED) is 0.518. The maximum absolute atomic E-state index is 13.0. The van der Waals surface area contributed by atoms with E-state index >= 15 is 0 Å². The molecule has 0 radical (unpaired) electrons. The molecule has 0 aliphatic carbocycles. The van der Waals surface area contributed by atoms with Crippen molar-refractivity contribution >= 4 is 22.5 Å². The number of amides is 1. The molecule has 4 aromatic rings. The van der Waals surface area contributed by atoms with Gasteiger partial charge in [-0.2, -0.15) is 18.3 Å². The Balaban J connectivity index is 1.60. The van der Waals surface area contributed by atoms with Gasteiger partial charge in [-0.05, 0) is 23.8 Å². The molecule has 160 valence electrons. The molecule has 0 unspecified atom stereocenters. The van der Waals surface area contributed by atoms with E-state index in [4.69, 9.17) is 0 Å². The number of fused-ring (bicyclic) bond motifs is 3. The van der Waals surface area contributed by atoms with E-state index in [9.17, 15) is 22.8 Å². The summed E-state index contributed by atoms with van der Waals surface area (Å²) in [5, 5.41) is 7.40. The average molecular weight is 428 g/mol. The Morgan fingerprint density at radius 1 is 1.10 bits per heavy atom. The number of para-hydroxylation sites is 1. The molecular weight excluding hydrogens is 409 g/mol. The van der Waals surface area contributed by atoms with Gasteiger partial charge < -0.3 is 10.3 Å². The van der Waals surface area contributed by atoms with Gasteiger partial charge in [0.1, 0.15) is 11.2 Å². The number of rotatable bonds is 4. The second-order valence-electron chi connectivity index (χ2n) is 7.94. The lowest BCUT2D eigenvalue weighted by atomic mass is 9.83. The molecule has 2 aromatic heterocycles. The lowest BCUT2D eigenvalue weighted by Crippen LogP contribution is -2.37. The smallest absolute Gasteiger partial charge is 0.351 e. The average Bonchev–Trinajstić information content (AvgIpc) is 3.16. The zero-order valence-corrected chi connectivity index (χ0v) is 16.7. The fraction of sp³-hybridized carbons (Fsp3) is 0.227. The lowest BCUT2D eigenvalue weighted by molar-refractivity contribution is -0.137. The number of hydrogen-bond acceptors (Lipinski definition) is 3. The van der Waals surface area contributed by atoms with Crippen molar-refractivity contribution in [2.24, 2.45) is 0 Å². The maximum Gasteiger partial charge on any atom is 0.416 e. The van der Waals surface area contributed by atoms with Crippen molar-refractivity contribution in [3.63, 3.8) is 0 Å². The van der Waals surface area contributed by atoms with Crippen LogP contribution in [0.15, 0.2) is 59.5 Å². The standard InChI is InChI=1S/C22H19F3N4O2/c1-21(2,13-6-5-7-14(10-13)22(23,24)25)12-26-19(30)16-11-27-29-17-9-4-3-8-15(17)20(31)28-18(16)29/h3-11H,12H2,1-2H3,(H,26,30)(H,28,31). The number of benzene rings is 2. The second kappa shape index (κ2) is 7.26. The number of aromatic nitrogens is 3.